The molecule has 154 valence electrons. The van der Waals surface area contributed by atoms with E-state index in [0.717, 1.165) is 24.2 Å². The summed E-state index contributed by atoms with van der Waals surface area (Å²) in [4.78, 5) is 26.1. The minimum absolute atomic E-state index is 0.0868. The number of hydrogen-bond donors (Lipinski definition) is 0. The number of carbonyl (C=O) groups excluding carboxylic acids is 2. The molecule has 0 aromatic heterocycles. The molecule has 0 spiro atoms. The molecule has 0 N–H and O–H groups in total. The standard InChI is InChI=1S/C25H31NO3/c1-7-8-18-9-16-23(29-25(2,3)4)21(17-18)14-15-22(27)19-10-12-20(13-11-19)24(28)26(5)6/h9-17H,7-8H2,1-6H3. The molecule has 0 aliphatic carbocycles. The zero-order chi connectivity index (χ0) is 21.6. The van der Waals surface area contributed by atoms with Crippen LogP contribution in [-0.4, -0.2) is 36.3 Å². The predicted molar refractivity (Wildman–Crippen MR) is 119 cm³/mol. The van der Waals surface area contributed by atoms with Gasteiger partial charge in [-0.15, -0.1) is 0 Å². The van der Waals surface area contributed by atoms with Crippen LogP contribution in [0.5, 0.6) is 5.75 Å². The normalized spacial score (nSPS) is 11.5. The van der Waals surface area contributed by atoms with Crippen LogP contribution in [0.25, 0.3) is 6.08 Å². The van der Waals surface area contributed by atoms with E-state index in [0.29, 0.717) is 11.1 Å². The average Bonchev–Trinajstić information content (AvgIpc) is 2.66. The first kappa shape index (κ1) is 22.4. The molecule has 29 heavy (non-hydrogen) atoms. The molecular weight excluding hydrogens is 362 g/mol. The van der Waals surface area contributed by atoms with Crippen LogP contribution in [0.2, 0.25) is 0 Å². The summed E-state index contributed by atoms with van der Waals surface area (Å²) in [6.07, 6.45) is 5.40. The highest BCUT2D eigenvalue weighted by molar-refractivity contribution is 6.07. The number of ketones is 1. The number of ether oxygens (including phenoxy) is 1. The topological polar surface area (TPSA) is 46.6 Å². The molecule has 2 rings (SSSR count). The minimum atomic E-state index is -0.326. The number of allylic oxidation sites excluding steroid dienone is 1. The van der Waals surface area contributed by atoms with Gasteiger partial charge in [0.2, 0.25) is 0 Å². The first-order chi connectivity index (χ1) is 13.6. The Balaban J connectivity index is 2.25. The number of hydrogen-bond acceptors (Lipinski definition) is 3. The van der Waals surface area contributed by atoms with Crippen LogP contribution in [0.1, 0.15) is 66.0 Å². The average molecular weight is 394 g/mol. The molecule has 0 fully saturated rings. The van der Waals surface area contributed by atoms with E-state index in [1.54, 1.807) is 50.5 Å². The lowest BCUT2D eigenvalue weighted by molar-refractivity contribution is 0.0827. The molecule has 0 saturated carbocycles. The predicted octanol–water partition coefficient (Wildman–Crippen LogP) is 5.41. The van der Waals surface area contributed by atoms with Crippen molar-refractivity contribution in [2.75, 3.05) is 14.1 Å². The van der Waals surface area contributed by atoms with E-state index in [2.05, 4.69) is 19.1 Å². The molecule has 0 atom stereocenters. The summed E-state index contributed by atoms with van der Waals surface area (Å²) in [5.74, 6) is 0.557. The second-order valence-electron chi connectivity index (χ2n) is 8.31. The molecule has 0 unspecified atom stereocenters. The van der Waals surface area contributed by atoms with Crippen LogP contribution >= 0.6 is 0 Å². The fourth-order valence-electron chi connectivity index (χ4n) is 2.89. The van der Waals surface area contributed by atoms with Gasteiger partial charge in [-0.05, 0) is 69.2 Å². The van der Waals surface area contributed by atoms with Gasteiger partial charge in [0.05, 0.1) is 0 Å². The van der Waals surface area contributed by atoms with Gasteiger partial charge in [0, 0.05) is 30.8 Å². The number of carbonyl (C=O) groups is 2. The van der Waals surface area contributed by atoms with Gasteiger partial charge in [0.1, 0.15) is 11.4 Å². The van der Waals surface area contributed by atoms with Gasteiger partial charge in [-0.2, -0.15) is 0 Å². The van der Waals surface area contributed by atoms with Gasteiger partial charge in [-0.3, -0.25) is 9.59 Å². The van der Waals surface area contributed by atoms with Crippen molar-refractivity contribution in [3.8, 4) is 5.75 Å². The SMILES string of the molecule is CCCc1ccc(OC(C)(C)C)c(C=CC(=O)c2ccc(C(=O)N(C)C)cc2)c1. The summed E-state index contributed by atoms with van der Waals surface area (Å²) in [5.41, 5.74) is 2.88. The van der Waals surface area contributed by atoms with Gasteiger partial charge < -0.3 is 9.64 Å². The van der Waals surface area contributed by atoms with Crippen molar-refractivity contribution in [1.82, 2.24) is 4.90 Å². The third kappa shape index (κ3) is 6.60. The van der Waals surface area contributed by atoms with Crippen LogP contribution in [0.4, 0.5) is 0 Å². The van der Waals surface area contributed by atoms with Crippen LogP contribution in [0, 0.1) is 0 Å². The lowest BCUT2D eigenvalue weighted by Gasteiger charge is -2.23. The Kier molecular flexibility index (Phi) is 7.38. The largest absolute Gasteiger partial charge is 0.488 e. The summed E-state index contributed by atoms with van der Waals surface area (Å²) in [7, 11) is 3.40. The number of benzene rings is 2. The Labute approximate surface area is 174 Å². The summed E-state index contributed by atoms with van der Waals surface area (Å²) in [6, 6.07) is 12.9. The first-order valence-electron chi connectivity index (χ1n) is 9.97. The maximum Gasteiger partial charge on any atom is 0.253 e. The van der Waals surface area contributed by atoms with Gasteiger partial charge in [0.25, 0.3) is 5.91 Å². The number of nitrogens with zero attached hydrogens (tertiary/aromatic N) is 1. The third-order valence-corrected chi connectivity index (χ3v) is 4.27. The summed E-state index contributed by atoms with van der Waals surface area (Å²) < 4.78 is 6.06. The van der Waals surface area contributed by atoms with Crippen LogP contribution in [-0.2, 0) is 6.42 Å². The molecule has 2 aromatic carbocycles. The molecule has 0 saturated heterocycles. The highest BCUT2D eigenvalue weighted by atomic mass is 16.5. The Hall–Kier alpha value is -2.88. The van der Waals surface area contributed by atoms with Crippen molar-refractivity contribution in [2.24, 2.45) is 0 Å². The molecule has 1 amide bonds. The molecule has 0 bridgehead atoms. The second-order valence-corrected chi connectivity index (χ2v) is 8.31. The Morgan fingerprint density at radius 2 is 1.62 bits per heavy atom. The second kappa shape index (κ2) is 9.55. The van der Waals surface area contributed by atoms with Crippen LogP contribution < -0.4 is 4.74 Å². The quantitative estimate of drug-likeness (QED) is 0.466. The highest BCUT2D eigenvalue weighted by Crippen LogP contribution is 2.26. The van der Waals surface area contributed by atoms with Crippen LogP contribution in [0.3, 0.4) is 0 Å². The maximum absolute atomic E-state index is 12.6. The van der Waals surface area contributed by atoms with Crippen molar-refractivity contribution in [3.05, 3.63) is 70.8 Å². The highest BCUT2D eigenvalue weighted by Gasteiger charge is 2.15. The maximum atomic E-state index is 12.6. The smallest absolute Gasteiger partial charge is 0.253 e. The van der Waals surface area contributed by atoms with Crippen molar-refractivity contribution in [1.29, 1.82) is 0 Å². The van der Waals surface area contributed by atoms with Gasteiger partial charge >= 0.3 is 0 Å². The van der Waals surface area contributed by atoms with Crippen molar-refractivity contribution >= 4 is 17.8 Å². The van der Waals surface area contributed by atoms with E-state index in [9.17, 15) is 9.59 Å². The van der Waals surface area contributed by atoms with Gasteiger partial charge in [-0.25, -0.2) is 0 Å². The van der Waals surface area contributed by atoms with E-state index in [4.69, 9.17) is 4.74 Å². The van der Waals surface area contributed by atoms with Crippen molar-refractivity contribution < 1.29 is 14.3 Å². The van der Waals surface area contributed by atoms with E-state index in [-0.39, 0.29) is 17.3 Å². The summed E-state index contributed by atoms with van der Waals surface area (Å²) in [6.45, 7) is 8.15. The fraction of sp³-hybridized carbons (Fsp3) is 0.360. The zero-order valence-electron chi connectivity index (χ0n) is 18.3. The summed E-state index contributed by atoms with van der Waals surface area (Å²) >= 11 is 0. The molecule has 4 heteroatoms. The van der Waals surface area contributed by atoms with Gasteiger partial charge in [-0.1, -0.05) is 31.5 Å². The molecule has 4 nitrogen and oxygen atoms in total. The van der Waals surface area contributed by atoms with Gasteiger partial charge in [0.15, 0.2) is 5.78 Å². The first-order valence-corrected chi connectivity index (χ1v) is 9.97. The lowest BCUT2D eigenvalue weighted by Crippen LogP contribution is -2.23. The Morgan fingerprint density at radius 3 is 2.17 bits per heavy atom. The molecule has 0 radical (unpaired) electrons. The van der Waals surface area contributed by atoms with E-state index in [1.807, 2.05) is 26.8 Å². The van der Waals surface area contributed by atoms with Crippen molar-refractivity contribution in [3.63, 3.8) is 0 Å². The van der Waals surface area contributed by atoms with Crippen LogP contribution in [0.15, 0.2) is 48.5 Å². The number of rotatable bonds is 7. The monoisotopic (exact) mass is 393 g/mol. The molecular formula is C25H31NO3. The molecule has 0 aliphatic rings. The Morgan fingerprint density at radius 1 is 1.00 bits per heavy atom. The summed E-state index contributed by atoms with van der Waals surface area (Å²) in [5, 5.41) is 0. The molecule has 0 aliphatic heterocycles. The molecule has 0 heterocycles. The van der Waals surface area contributed by atoms with E-state index in [1.165, 1.54) is 10.5 Å². The van der Waals surface area contributed by atoms with E-state index < -0.39 is 0 Å². The fourth-order valence-corrected chi connectivity index (χ4v) is 2.89. The lowest BCUT2D eigenvalue weighted by atomic mass is 10.0. The third-order valence-electron chi connectivity index (χ3n) is 4.27. The zero-order valence-corrected chi connectivity index (χ0v) is 18.3. The minimum Gasteiger partial charge on any atom is -0.488 e. The number of aryl methyl sites for hydroxylation is 1. The number of amides is 1. The van der Waals surface area contributed by atoms with Crippen molar-refractivity contribution in [2.45, 2.75) is 46.1 Å². The molecule has 2 aromatic rings. The van der Waals surface area contributed by atoms with E-state index >= 15 is 0 Å². The Bertz CT molecular complexity index is 887.